The van der Waals surface area contributed by atoms with Gasteiger partial charge in [0.15, 0.2) is 22.8 Å². The molecule has 1 aliphatic rings. The summed E-state index contributed by atoms with van der Waals surface area (Å²) in [6.45, 7) is -0.552. The SMILES string of the molecule is O=P(O)(O)OC[C@H]1OC(O)[C@H](O)[C@@H]1O.O=[N+]([O-])c1cc(CNc2ncnc3nc[nH]c23)cc([N+](=O)[O-])c1Cl. The highest BCUT2D eigenvalue weighted by Crippen LogP contribution is 2.37. The standard InChI is InChI=1S/C12H8ClN7O4.C5H11O8P/c13-9-7(19(21)22)1-6(2-8(9)20(23)24)3-14-11-10-12(16-4-15-10)18-5-17-11;6-3-2(1-12-14(9,10)11)13-5(8)4(3)7/h1-2,4-5H,3H2,(H2,14,15,16,17,18);2-8H,1H2,(H2,9,10,11)/t;2-,3-,4-,5?/m.1/s1. The molecule has 4 rings (SSSR count). The molecule has 21 heteroatoms. The van der Waals surface area contributed by atoms with Crippen molar-refractivity contribution in [1.29, 1.82) is 0 Å². The average Bonchev–Trinajstić information content (AvgIpc) is 3.42. The highest BCUT2D eigenvalue weighted by atomic mass is 35.5. The van der Waals surface area contributed by atoms with E-state index in [-0.39, 0.29) is 6.54 Å². The second kappa shape index (κ2) is 12.0. The van der Waals surface area contributed by atoms with E-state index in [4.69, 9.17) is 36.7 Å². The van der Waals surface area contributed by atoms with E-state index in [0.717, 1.165) is 0 Å². The van der Waals surface area contributed by atoms with E-state index in [9.17, 15) is 24.8 Å². The van der Waals surface area contributed by atoms with Crippen LogP contribution in [0.4, 0.5) is 17.2 Å². The molecule has 1 aromatic carbocycles. The van der Waals surface area contributed by atoms with Gasteiger partial charge in [0, 0.05) is 18.7 Å². The maximum atomic E-state index is 11.0. The Labute approximate surface area is 215 Å². The van der Waals surface area contributed by atoms with Gasteiger partial charge in [0.05, 0.1) is 22.8 Å². The van der Waals surface area contributed by atoms with Crippen molar-refractivity contribution in [2.24, 2.45) is 0 Å². The van der Waals surface area contributed by atoms with Gasteiger partial charge in [0.1, 0.15) is 30.2 Å². The number of anilines is 1. The van der Waals surface area contributed by atoms with Crippen LogP contribution in [0.5, 0.6) is 0 Å². The largest absolute Gasteiger partial charge is 0.469 e. The van der Waals surface area contributed by atoms with Crippen LogP contribution in [0.3, 0.4) is 0 Å². The smallest absolute Gasteiger partial charge is 0.387 e. The number of nitrogens with zero attached hydrogens (tertiary/aromatic N) is 5. The number of nitrogens with one attached hydrogen (secondary N) is 2. The van der Waals surface area contributed by atoms with Crippen LogP contribution in [0.25, 0.3) is 11.2 Å². The average molecular weight is 580 g/mol. The summed E-state index contributed by atoms with van der Waals surface area (Å²) in [7, 11) is -4.64. The van der Waals surface area contributed by atoms with Crippen molar-refractivity contribution < 1.29 is 48.8 Å². The monoisotopic (exact) mass is 579 g/mol. The van der Waals surface area contributed by atoms with Gasteiger partial charge in [0.25, 0.3) is 11.4 Å². The zero-order valence-corrected chi connectivity index (χ0v) is 20.3. The zero-order chi connectivity index (χ0) is 28.2. The summed E-state index contributed by atoms with van der Waals surface area (Å²) in [5.74, 6) is 0.415. The molecule has 0 spiro atoms. The fourth-order valence-corrected chi connectivity index (χ4v) is 3.73. The summed E-state index contributed by atoms with van der Waals surface area (Å²) >= 11 is 5.71. The number of aromatic nitrogens is 4. The molecule has 0 aliphatic carbocycles. The van der Waals surface area contributed by atoms with Crippen LogP contribution < -0.4 is 5.32 Å². The Morgan fingerprint density at radius 2 is 1.74 bits per heavy atom. The number of aromatic amines is 1. The van der Waals surface area contributed by atoms with Gasteiger partial charge >= 0.3 is 7.82 Å². The number of rotatable bonds is 8. The number of aliphatic hydroxyl groups is 3. The fraction of sp³-hybridized carbons (Fsp3) is 0.353. The van der Waals surface area contributed by atoms with Crippen LogP contribution in [0.1, 0.15) is 5.56 Å². The second-order valence-corrected chi connectivity index (χ2v) is 9.09. The topological polar surface area (TPSA) is 289 Å². The van der Waals surface area contributed by atoms with Crippen molar-refractivity contribution in [1.82, 2.24) is 19.9 Å². The Kier molecular flexibility index (Phi) is 9.20. The van der Waals surface area contributed by atoms with Gasteiger partial charge in [-0.25, -0.2) is 19.5 Å². The van der Waals surface area contributed by atoms with Crippen LogP contribution in [0.15, 0.2) is 24.8 Å². The minimum absolute atomic E-state index is 0.0595. The third kappa shape index (κ3) is 7.13. The van der Waals surface area contributed by atoms with E-state index >= 15 is 0 Å². The van der Waals surface area contributed by atoms with Crippen LogP contribution in [0, 0.1) is 20.2 Å². The van der Waals surface area contributed by atoms with E-state index in [2.05, 4.69) is 34.5 Å². The summed E-state index contributed by atoms with van der Waals surface area (Å²) in [6, 6.07) is 2.35. The number of halogens is 1. The lowest BCUT2D eigenvalue weighted by atomic mass is 10.1. The lowest BCUT2D eigenvalue weighted by Gasteiger charge is -2.14. The van der Waals surface area contributed by atoms with Crippen molar-refractivity contribution in [3.05, 3.63) is 55.6 Å². The molecule has 2 aromatic heterocycles. The lowest BCUT2D eigenvalue weighted by molar-refractivity contribution is -0.394. The first-order chi connectivity index (χ1) is 17.8. The zero-order valence-electron chi connectivity index (χ0n) is 18.7. The normalized spacial score (nSPS) is 21.1. The van der Waals surface area contributed by atoms with Crippen molar-refractivity contribution >= 4 is 47.8 Å². The Balaban J connectivity index is 0.000000244. The minimum atomic E-state index is -4.64. The summed E-state index contributed by atoms with van der Waals surface area (Å²) in [4.78, 5) is 52.0. The van der Waals surface area contributed by atoms with Gasteiger partial charge in [-0.3, -0.25) is 24.8 Å². The number of nitro benzene ring substituents is 2. The van der Waals surface area contributed by atoms with Crippen LogP contribution in [-0.4, -0.2) is 86.1 Å². The number of imidazole rings is 1. The predicted molar refractivity (Wildman–Crippen MR) is 125 cm³/mol. The first-order valence-corrected chi connectivity index (χ1v) is 12.1. The van der Waals surface area contributed by atoms with E-state index < -0.39 is 65.3 Å². The third-order valence-corrected chi connectivity index (χ3v) is 5.79. The fourth-order valence-electron chi connectivity index (χ4n) is 3.14. The molecule has 3 heterocycles. The first kappa shape index (κ1) is 29.2. The molecule has 0 amide bonds. The number of fused-ring (bicyclic) bond motifs is 1. The van der Waals surface area contributed by atoms with Gasteiger partial charge in [0.2, 0.25) is 0 Å². The van der Waals surface area contributed by atoms with Crippen LogP contribution in [-0.2, 0) is 20.4 Å². The molecule has 19 nitrogen and oxygen atoms in total. The predicted octanol–water partition coefficient (Wildman–Crippen LogP) is -0.0305. The molecule has 38 heavy (non-hydrogen) atoms. The number of nitro groups is 2. The number of H-pyrrole nitrogens is 1. The molecule has 0 saturated carbocycles. The van der Waals surface area contributed by atoms with Crippen LogP contribution in [0.2, 0.25) is 5.02 Å². The van der Waals surface area contributed by atoms with E-state index in [1.165, 1.54) is 24.8 Å². The third-order valence-electron chi connectivity index (χ3n) is 4.91. The quantitative estimate of drug-likeness (QED) is 0.105. The number of ether oxygens (including phenoxy) is 1. The number of phosphoric ester groups is 1. The number of hydrogen-bond donors (Lipinski definition) is 7. The molecule has 1 unspecified atom stereocenters. The highest BCUT2D eigenvalue weighted by molar-refractivity contribution is 7.46. The molecule has 1 saturated heterocycles. The van der Waals surface area contributed by atoms with Crippen molar-refractivity contribution in [3.8, 4) is 0 Å². The van der Waals surface area contributed by atoms with Crippen molar-refractivity contribution in [2.75, 3.05) is 11.9 Å². The maximum Gasteiger partial charge on any atom is 0.469 e. The molecule has 4 atom stereocenters. The molecular formula is C17H19ClN7O12P. The molecule has 206 valence electrons. The Morgan fingerprint density at radius 3 is 2.26 bits per heavy atom. The number of benzene rings is 1. The second-order valence-electron chi connectivity index (χ2n) is 7.47. The Morgan fingerprint density at radius 1 is 1.11 bits per heavy atom. The van der Waals surface area contributed by atoms with E-state index in [1.54, 1.807) is 0 Å². The van der Waals surface area contributed by atoms with Gasteiger partial charge < -0.3 is 40.1 Å². The molecule has 0 bridgehead atoms. The van der Waals surface area contributed by atoms with Crippen molar-refractivity contribution in [3.63, 3.8) is 0 Å². The number of aliphatic hydroxyl groups excluding tert-OH is 3. The molecule has 0 radical (unpaired) electrons. The minimum Gasteiger partial charge on any atom is -0.387 e. The van der Waals surface area contributed by atoms with Crippen LogP contribution >= 0.6 is 19.4 Å². The Hall–Kier alpha value is -3.39. The molecule has 7 N–H and O–H groups in total. The molecule has 1 fully saturated rings. The number of hydrogen-bond acceptors (Lipinski definition) is 14. The van der Waals surface area contributed by atoms with Crippen molar-refractivity contribution in [2.45, 2.75) is 31.1 Å². The van der Waals surface area contributed by atoms with Gasteiger partial charge in [-0.05, 0) is 5.56 Å². The van der Waals surface area contributed by atoms with E-state index in [0.29, 0.717) is 22.5 Å². The lowest BCUT2D eigenvalue weighted by Crippen LogP contribution is -2.34. The summed E-state index contributed by atoms with van der Waals surface area (Å²) in [5, 5.41) is 51.5. The van der Waals surface area contributed by atoms with Gasteiger partial charge in [-0.1, -0.05) is 11.6 Å². The molecular weight excluding hydrogens is 561 g/mol. The maximum absolute atomic E-state index is 11.0. The highest BCUT2D eigenvalue weighted by Gasteiger charge is 2.42. The first-order valence-electron chi connectivity index (χ1n) is 10.2. The molecule has 3 aromatic rings. The molecule has 1 aliphatic heterocycles. The Bertz CT molecular complexity index is 1340. The number of phosphoric acid groups is 1. The summed E-state index contributed by atoms with van der Waals surface area (Å²) < 4.78 is 18.9. The van der Waals surface area contributed by atoms with Gasteiger partial charge in [-0.15, -0.1) is 0 Å². The summed E-state index contributed by atoms with van der Waals surface area (Å²) in [6.07, 6.45) is -2.92. The summed E-state index contributed by atoms with van der Waals surface area (Å²) in [5.41, 5.74) is 0.245. The van der Waals surface area contributed by atoms with E-state index in [1.807, 2.05) is 0 Å². The van der Waals surface area contributed by atoms with Gasteiger partial charge in [-0.2, -0.15) is 0 Å².